The van der Waals surface area contributed by atoms with Crippen LogP contribution in [0.5, 0.6) is 0 Å². The molecular formula is C19H25N3O5S2. The summed E-state index contributed by atoms with van der Waals surface area (Å²) in [6, 6.07) is 7.10. The summed E-state index contributed by atoms with van der Waals surface area (Å²) in [6.07, 6.45) is 1.01. The van der Waals surface area contributed by atoms with Gasteiger partial charge < -0.3 is 15.3 Å². The van der Waals surface area contributed by atoms with E-state index in [2.05, 4.69) is 22.7 Å². The van der Waals surface area contributed by atoms with Crippen LogP contribution < -0.4 is 10.0 Å². The molecular weight excluding hydrogens is 414 g/mol. The average Bonchev–Trinajstić information content (AvgIpc) is 3.18. The molecule has 2 amide bonds. The highest BCUT2D eigenvalue weighted by Gasteiger charge is 2.44. The van der Waals surface area contributed by atoms with Gasteiger partial charge in [0.25, 0.3) is 0 Å². The Morgan fingerprint density at radius 2 is 1.97 bits per heavy atom. The van der Waals surface area contributed by atoms with Gasteiger partial charge in [0.05, 0.1) is 0 Å². The number of carboxylic acids is 1. The molecule has 1 heterocycles. The Balaban J connectivity index is 2.17. The Morgan fingerprint density at radius 3 is 2.55 bits per heavy atom. The lowest BCUT2D eigenvalue weighted by Gasteiger charge is -2.29. The maximum atomic E-state index is 13.0. The van der Waals surface area contributed by atoms with Crippen molar-refractivity contribution in [3.8, 4) is 0 Å². The quantitative estimate of drug-likeness (QED) is 0.270. The summed E-state index contributed by atoms with van der Waals surface area (Å²) in [4.78, 5) is 50.9. The number of rotatable bonds is 8. The van der Waals surface area contributed by atoms with Crippen LogP contribution in [0.25, 0.3) is 0 Å². The minimum atomic E-state index is -1.71. The normalized spacial score (nSPS) is 19.3. The predicted molar refractivity (Wildman–Crippen MR) is 113 cm³/mol. The number of hydrogen-bond acceptors (Lipinski definition) is 7. The van der Waals surface area contributed by atoms with Gasteiger partial charge in [-0.1, -0.05) is 30.3 Å². The first-order valence-electron chi connectivity index (χ1n) is 9.19. The Kier molecular flexibility index (Phi) is 8.12. The van der Waals surface area contributed by atoms with E-state index >= 15 is 0 Å². The monoisotopic (exact) mass is 439 g/mol. The molecule has 29 heavy (non-hydrogen) atoms. The van der Waals surface area contributed by atoms with E-state index in [4.69, 9.17) is 0 Å². The number of carbonyl (C=O) groups is 4. The molecule has 0 spiro atoms. The number of carbonyl (C=O) groups excluding carboxylic acids is 3. The zero-order valence-electron chi connectivity index (χ0n) is 16.3. The molecule has 1 aromatic rings. The lowest BCUT2D eigenvalue weighted by atomic mass is 9.98. The molecule has 2 rings (SSSR count). The molecule has 0 aromatic heterocycles. The zero-order valence-corrected chi connectivity index (χ0v) is 18.0. The second-order valence-electron chi connectivity index (χ2n) is 6.84. The molecule has 1 aromatic carbocycles. The van der Waals surface area contributed by atoms with Crippen LogP contribution in [0, 0.1) is 0 Å². The third-order valence-corrected chi connectivity index (χ3v) is 6.20. The molecule has 1 unspecified atom stereocenters. The van der Waals surface area contributed by atoms with Gasteiger partial charge in [-0.3, -0.25) is 19.1 Å². The molecule has 3 N–H and O–H groups in total. The van der Waals surface area contributed by atoms with Crippen molar-refractivity contribution >= 4 is 47.5 Å². The third-order valence-electron chi connectivity index (χ3n) is 4.75. The van der Waals surface area contributed by atoms with Crippen molar-refractivity contribution in [2.45, 2.75) is 43.0 Å². The van der Waals surface area contributed by atoms with E-state index in [1.165, 1.54) is 11.8 Å². The number of nitrogens with zero attached hydrogens (tertiary/aromatic N) is 1. The molecule has 1 fully saturated rings. The number of carboxylic acid groups (broad SMARTS) is 1. The summed E-state index contributed by atoms with van der Waals surface area (Å²) in [7, 11) is 1.56. The van der Waals surface area contributed by atoms with Gasteiger partial charge in [0, 0.05) is 13.0 Å². The first kappa shape index (κ1) is 23.2. The van der Waals surface area contributed by atoms with E-state index in [0.717, 1.165) is 17.5 Å². The molecule has 0 radical (unpaired) electrons. The van der Waals surface area contributed by atoms with E-state index in [9.17, 15) is 24.3 Å². The summed E-state index contributed by atoms with van der Waals surface area (Å²) >= 11 is 5.17. The van der Waals surface area contributed by atoms with Crippen LogP contribution in [0.4, 0.5) is 0 Å². The summed E-state index contributed by atoms with van der Waals surface area (Å²) in [5.74, 6) is -2.26. The van der Waals surface area contributed by atoms with Crippen molar-refractivity contribution in [2.24, 2.45) is 0 Å². The van der Waals surface area contributed by atoms with Crippen molar-refractivity contribution in [1.82, 2.24) is 14.9 Å². The molecule has 3 atom stereocenters. The largest absolute Gasteiger partial charge is 0.480 e. The Morgan fingerprint density at radius 1 is 1.31 bits per heavy atom. The molecule has 0 aliphatic carbocycles. The van der Waals surface area contributed by atoms with Crippen LogP contribution in [-0.4, -0.2) is 63.3 Å². The summed E-state index contributed by atoms with van der Waals surface area (Å²) in [5.41, 5.74) is 0.743. The predicted octanol–water partition coefficient (Wildman–Crippen LogP) is 0.872. The summed E-state index contributed by atoms with van der Waals surface area (Å²) in [5, 5.41) is 11.3. The van der Waals surface area contributed by atoms with Gasteiger partial charge in [0.2, 0.25) is 16.9 Å². The minimum absolute atomic E-state index is 0.0404. The summed E-state index contributed by atoms with van der Waals surface area (Å²) < 4.78 is 0.943. The van der Waals surface area contributed by atoms with Crippen molar-refractivity contribution in [3.05, 3.63) is 35.9 Å². The number of benzene rings is 1. The number of thiol groups is 1. The lowest BCUT2D eigenvalue weighted by Crippen LogP contribution is -2.56. The Labute approximate surface area is 179 Å². The fourth-order valence-electron chi connectivity index (χ4n) is 3.23. The minimum Gasteiger partial charge on any atom is -0.480 e. The molecule has 1 saturated heterocycles. The number of hydrogen-bond donors (Lipinski definition) is 4. The van der Waals surface area contributed by atoms with Crippen LogP contribution in [0.2, 0.25) is 0 Å². The van der Waals surface area contributed by atoms with E-state index in [0.29, 0.717) is 19.4 Å². The average molecular weight is 440 g/mol. The first-order chi connectivity index (χ1) is 13.7. The van der Waals surface area contributed by atoms with Crippen molar-refractivity contribution in [2.75, 3.05) is 13.6 Å². The standard InChI is InChI=1S/C19H25N3O5S2/c1-12(15(23)22-10-6-9-14(22)16(24)25)21-17(26)19(28,18(27)29-20-2)11-13-7-4-3-5-8-13/h3-5,7-8,12,14,20,28H,6,9-11H2,1-2H3,(H,21,26)(H,24,25)/t12-,14-,19?/m0/s1. The van der Waals surface area contributed by atoms with E-state index in [1.54, 1.807) is 31.3 Å². The topological polar surface area (TPSA) is 116 Å². The number of amides is 2. The Hall–Kier alpha value is -2.04. The van der Waals surface area contributed by atoms with E-state index in [-0.39, 0.29) is 6.42 Å². The van der Waals surface area contributed by atoms with Gasteiger partial charge in [0.15, 0.2) is 4.75 Å². The highest BCUT2D eigenvalue weighted by atomic mass is 32.2. The van der Waals surface area contributed by atoms with Gasteiger partial charge >= 0.3 is 5.97 Å². The molecule has 158 valence electrons. The van der Waals surface area contributed by atoms with Gasteiger partial charge in [-0.15, -0.1) is 0 Å². The smallest absolute Gasteiger partial charge is 0.326 e. The summed E-state index contributed by atoms with van der Waals surface area (Å²) in [6.45, 7) is 1.80. The molecule has 10 heteroatoms. The molecule has 8 nitrogen and oxygen atoms in total. The van der Waals surface area contributed by atoms with Gasteiger partial charge in [0.1, 0.15) is 12.1 Å². The highest BCUT2D eigenvalue weighted by molar-refractivity contribution is 8.13. The second-order valence-corrected chi connectivity index (χ2v) is 8.59. The SMILES string of the molecule is CNSC(=O)C(S)(Cc1ccccc1)C(=O)N[C@@H](C)C(=O)N1CCC[C@H]1C(=O)O. The van der Waals surface area contributed by atoms with Crippen molar-refractivity contribution < 1.29 is 24.3 Å². The van der Waals surface area contributed by atoms with E-state index < -0.39 is 39.7 Å². The maximum Gasteiger partial charge on any atom is 0.326 e. The van der Waals surface area contributed by atoms with Gasteiger partial charge in [-0.05, 0) is 44.3 Å². The number of aliphatic carboxylic acids is 1. The van der Waals surface area contributed by atoms with Crippen molar-refractivity contribution in [1.29, 1.82) is 0 Å². The zero-order chi connectivity index (χ0) is 21.6. The first-order valence-corrected chi connectivity index (χ1v) is 10.5. The maximum absolute atomic E-state index is 13.0. The fraction of sp³-hybridized carbons (Fsp3) is 0.474. The Bertz CT molecular complexity index is 776. The van der Waals surface area contributed by atoms with Gasteiger partial charge in [-0.25, -0.2) is 4.79 Å². The van der Waals surface area contributed by atoms with Crippen LogP contribution >= 0.6 is 24.6 Å². The van der Waals surface area contributed by atoms with Crippen LogP contribution in [0.15, 0.2) is 30.3 Å². The highest BCUT2D eigenvalue weighted by Crippen LogP contribution is 2.27. The molecule has 0 saturated carbocycles. The third kappa shape index (κ3) is 5.52. The molecule has 0 bridgehead atoms. The van der Waals surface area contributed by atoms with E-state index in [1.807, 2.05) is 6.07 Å². The van der Waals surface area contributed by atoms with Crippen LogP contribution in [0.1, 0.15) is 25.3 Å². The van der Waals surface area contributed by atoms with Crippen LogP contribution in [0.3, 0.4) is 0 Å². The fourth-order valence-corrected chi connectivity index (χ4v) is 4.13. The lowest BCUT2D eigenvalue weighted by molar-refractivity contribution is -0.149. The molecule has 1 aliphatic rings. The molecule has 1 aliphatic heterocycles. The van der Waals surface area contributed by atoms with Crippen molar-refractivity contribution in [3.63, 3.8) is 0 Å². The van der Waals surface area contributed by atoms with Crippen LogP contribution in [-0.2, 0) is 25.6 Å². The second kappa shape index (κ2) is 10.1. The number of nitrogens with one attached hydrogen (secondary N) is 2. The number of likely N-dealkylation sites (tertiary alicyclic amines) is 1. The van der Waals surface area contributed by atoms with Gasteiger partial charge in [-0.2, -0.15) is 12.6 Å².